The van der Waals surface area contributed by atoms with E-state index in [9.17, 15) is 4.79 Å². The van der Waals surface area contributed by atoms with Crippen LogP contribution in [0.5, 0.6) is 0 Å². The highest BCUT2D eigenvalue weighted by molar-refractivity contribution is 5.69. The van der Waals surface area contributed by atoms with Gasteiger partial charge in [-0.15, -0.1) is 0 Å². The highest BCUT2D eigenvalue weighted by Crippen LogP contribution is 2.22. The van der Waals surface area contributed by atoms with E-state index in [0.29, 0.717) is 0 Å². The fourth-order valence-electron chi connectivity index (χ4n) is 2.39. The maximum absolute atomic E-state index is 11.0. The van der Waals surface area contributed by atoms with Crippen molar-refractivity contribution < 1.29 is 9.90 Å². The zero-order valence-corrected chi connectivity index (χ0v) is 12.6. The quantitative estimate of drug-likeness (QED) is 0.887. The van der Waals surface area contributed by atoms with Crippen molar-refractivity contribution in [3.63, 3.8) is 0 Å². The van der Waals surface area contributed by atoms with E-state index >= 15 is 0 Å². The molecule has 0 fully saturated rings. The fraction of sp³-hybridized carbons (Fsp3) is 0.375. The lowest BCUT2D eigenvalue weighted by molar-refractivity contribution is -0.139. The first-order valence-electron chi connectivity index (χ1n) is 7.06. The van der Waals surface area contributed by atoms with Crippen LogP contribution >= 0.6 is 0 Å². The first kappa shape index (κ1) is 15.3. The molecular weight excluding hydrogens is 266 g/mol. The van der Waals surface area contributed by atoms with Crippen molar-refractivity contribution in [2.24, 2.45) is 0 Å². The molecule has 0 aliphatic carbocycles. The lowest BCUT2D eigenvalue weighted by atomic mass is 10.1. The number of para-hydroxylation sites is 1. The van der Waals surface area contributed by atoms with Gasteiger partial charge in [0, 0.05) is 23.8 Å². The van der Waals surface area contributed by atoms with Gasteiger partial charge in [-0.25, -0.2) is 4.68 Å². The van der Waals surface area contributed by atoms with E-state index in [2.05, 4.69) is 5.10 Å². The standard InChI is InChI=1S/C16H21N3O2/c1-12(2)18(11-16(20)21)13(3)14-9-17-19(10-14)15-7-5-4-6-8-15/h4-10,12-13H,11H2,1-3H3,(H,20,21). The molecular formula is C16H21N3O2. The summed E-state index contributed by atoms with van der Waals surface area (Å²) in [4.78, 5) is 13.0. The predicted octanol–water partition coefficient (Wildman–Crippen LogP) is 2.73. The Morgan fingerprint density at radius 2 is 1.95 bits per heavy atom. The smallest absolute Gasteiger partial charge is 0.317 e. The number of aromatic nitrogens is 2. The number of benzene rings is 1. The second-order valence-electron chi connectivity index (χ2n) is 5.39. The number of carbonyl (C=O) groups is 1. The van der Waals surface area contributed by atoms with Crippen LogP contribution in [0.4, 0.5) is 0 Å². The monoisotopic (exact) mass is 287 g/mol. The summed E-state index contributed by atoms with van der Waals surface area (Å²) >= 11 is 0. The first-order chi connectivity index (χ1) is 9.99. The molecule has 0 radical (unpaired) electrons. The van der Waals surface area contributed by atoms with Crippen molar-refractivity contribution in [1.82, 2.24) is 14.7 Å². The van der Waals surface area contributed by atoms with E-state index in [1.165, 1.54) is 0 Å². The molecule has 2 aromatic rings. The molecule has 112 valence electrons. The van der Waals surface area contributed by atoms with Gasteiger partial charge in [0.05, 0.1) is 18.4 Å². The molecule has 1 aromatic carbocycles. The molecule has 0 amide bonds. The highest BCUT2D eigenvalue weighted by Gasteiger charge is 2.22. The van der Waals surface area contributed by atoms with Crippen molar-refractivity contribution in [2.75, 3.05) is 6.54 Å². The number of rotatable bonds is 6. The number of nitrogens with zero attached hydrogens (tertiary/aromatic N) is 3. The Bertz CT molecular complexity index is 593. The van der Waals surface area contributed by atoms with Gasteiger partial charge in [0.2, 0.25) is 0 Å². The molecule has 0 aliphatic heterocycles. The topological polar surface area (TPSA) is 58.4 Å². The second-order valence-corrected chi connectivity index (χ2v) is 5.39. The van der Waals surface area contributed by atoms with Crippen molar-refractivity contribution >= 4 is 5.97 Å². The van der Waals surface area contributed by atoms with Gasteiger partial charge in [-0.05, 0) is 32.9 Å². The molecule has 1 N–H and O–H groups in total. The molecule has 5 heteroatoms. The average Bonchev–Trinajstić information content (AvgIpc) is 2.94. The minimum atomic E-state index is -0.814. The summed E-state index contributed by atoms with van der Waals surface area (Å²) < 4.78 is 1.81. The Labute approximate surface area is 124 Å². The average molecular weight is 287 g/mol. The van der Waals surface area contributed by atoms with Crippen LogP contribution < -0.4 is 0 Å². The highest BCUT2D eigenvalue weighted by atomic mass is 16.4. The third kappa shape index (κ3) is 3.70. The molecule has 1 heterocycles. The third-order valence-electron chi connectivity index (χ3n) is 3.58. The number of carboxylic acids is 1. The van der Waals surface area contributed by atoms with Crippen molar-refractivity contribution in [1.29, 1.82) is 0 Å². The van der Waals surface area contributed by atoms with Crippen molar-refractivity contribution in [2.45, 2.75) is 32.9 Å². The van der Waals surface area contributed by atoms with E-state index in [1.54, 1.807) is 6.20 Å². The molecule has 2 rings (SSSR count). The molecule has 0 bridgehead atoms. The normalized spacial score (nSPS) is 12.8. The largest absolute Gasteiger partial charge is 0.480 e. The van der Waals surface area contributed by atoms with E-state index in [1.807, 2.05) is 66.9 Å². The Kier molecular flexibility index (Phi) is 4.75. The van der Waals surface area contributed by atoms with Gasteiger partial charge in [0.15, 0.2) is 0 Å². The van der Waals surface area contributed by atoms with Crippen LogP contribution in [0.3, 0.4) is 0 Å². The van der Waals surface area contributed by atoms with Crippen LogP contribution in [0.2, 0.25) is 0 Å². The molecule has 21 heavy (non-hydrogen) atoms. The van der Waals surface area contributed by atoms with Gasteiger partial charge in [-0.2, -0.15) is 5.10 Å². The SMILES string of the molecule is CC(C)N(CC(=O)O)C(C)c1cnn(-c2ccccc2)c1. The van der Waals surface area contributed by atoms with Crippen molar-refractivity contribution in [3.05, 3.63) is 48.3 Å². The number of hydrogen-bond donors (Lipinski definition) is 1. The summed E-state index contributed by atoms with van der Waals surface area (Å²) in [5.41, 5.74) is 2.00. The van der Waals surface area contributed by atoms with Crippen LogP contribution in [0, 0.1) is 0 Å². The van der Waals surface area contributed by atoms with E-state index in [0.717, 1.165) is 11.3 Å². The molecule has 1 aromatic heterocycles. The zero-order valence-electron chi connectivity index (χ0n) is 12.6. The third-order valence-corrected chi connectivity index (χ3v) is 3.58. The number of carboxylic acid groups (broad SMARTS) is 1. The van der Waals surface area contributed by atoms with Crippen LogP contribution in [0.15, 0.2) is 42.7 Å². The Morgan fingerprint density at radius 3 is 2.52 bits per heavy atom. The minimum absolute atomic E-state index is 0.00133. The summed E-state index contributed by atoms with van der Waals surface area (Å²) in [5, 5.41) is 13.4. The van der Waals surface area contributed by atoms with E-state index in [-0.39, 0.29) is 18.6 Å². The molecule has 1 unspecified atom stereocenters. The Balaban J connectivity index is 2.21. The van der Waals surface area contributed by atoms with Gasteiger partial charge < -0.3 is 5.11 Å². The summed E-state index contributed by atoms with van der Waals surface area (Å²) in [7, 11) is 0. The molecule has 0 saturated carbocycles. The zero-order chi connectivity index (χ0) is 15.4. The fourth-order valence-corrected chi connectivity index (χ4v) is 2.39. The van der Waals surface area contributed by atoms with Crippen molar-refractivity contribution in [3.8, 4) is 5.69 Å². The summed E-state index contributed by atoms with van der Waals surface area (Å²) in [6, 6.07) is 10.0. The molecule has 5 nitrogen and oxygen atoms in total. The van der Waals surface area contributed by atoms with Gasteiger partial charge in [-0.3, -0.25) is 9.69 Å². The van der Waals surface area contributed by atoms with Crippen LogP contribution in [0.1, 0.15) is 32.4 Å². The Morgan fingerprint density at radius 1 is 1.29 bits per heavy atom. The lowest BCUT2D eigenvalue weighted by Gasteiger charge is -2.30. The minimum Gasteiger partial charge on any atom is -0.480 e. The maximum atomic E-state index is 11.0. The van der Waals surface area contributed by atoms with Gasteiger partial charge in [0.25, 0.3) is 0 Å². The van der Waals surface area contributed by atoms with Gasteiger partial charge in [0.1, 0.15) is 0 Å². The van der Waals surface area contributed by atoms with E-state index in [4.69, 9.17) is 5.11 Å². The molecule has 0 aliphatic rings. The molecule has 0 spiro atoms. The number of aliphatic carboxylic acids is 1. The van der Waals surface area contributed by atoms with Gasteiger partial charge >= 0.3 is 5.97 Å². The van der Waals surface area contributed by atoms with Crippen LogP contribution in [-0.2, 0) is 4.79 Å². The molecule has 0 saturated heterocycles. The lowest BCUT2D eigenvalue weighted by Crippen LogP contribution is -2.37. The van der Waals surface area contributed by atoms with Gasteiger partial charge in [-0.1, -0.05) is 18.2 Å². The van der Waals surface area contributed by atoms with E-state index < -0.39 is 5.97 Å². The second kappa shape index (κ2) is 6.54. The summed E-state index contributed by atoms with van der Waals surface area (Å²) in [6.07, 6.45) is 3.76. The summed E-state index contributed by atoms with van der Waals surface area (Å²) in [6.45, 7) is 6.03. The first-order valence-corrected chi connectivity index (χ1v) is 7.06. The number of hydrogen-bond acceptors (Lipinski definition) is 3. The van der Waals surface area contributed by atoms with Crippen LogP contribution in [0.25, 0.3) is 5.69 Å². The summed E-state index contributed by atoms with van der Waals surface area (Å²) in [5.74, 6) is -0.814. The predicted molar refractivity (Wildman–Crippen MR) is 81.5 cm³/mol. The maximum Gasteiger partial charge on any atom is 0.317 e. The molecule has 1 atom stereocenters. The van der Waals surface area contributed by atoms with Crippen LogP contribution in [-0.4, -0.2) is 38.3 Å². The Hall–Kier alpha value is -2.14.